The second-order valence-electron chi connectivity index (χ2n) is 7.50. The van der Waals surface area contributed by atoms with E-state index in [1.54, 1.807) is 12.1 Å². The van der Waals surface area contributed by atoms with Crippen LogP contribution in [0.4, 0.5) is 5.69 Å². The van der Waals surface area contributed by atoms with Crippen LogP contribution in [0.3, 0.4) is 0 Å². The largest absolute Gasteiger partial charge is 0.355 e. The molecule has 33 heavy (non-hydrogen) atoms. The monoisotopic (exact) mass is 524 g/mol. The summed E-state index contributed by atoms with van der Waals surface area (Å²) in [7, 11) is -4.04. The number of aryl methyl sites for hydroxylation is 2. The van der Waals surface area contributed by atoms with Gasteiger partial charge in [-0.25, -0.2) is 8.42 Å². The van der Waals surface area contributed by atoms with Crippen molar-refractivity contribution in [3.63, 3.8) is 0 Å². The van der Waals surface area contributed by atoms with Crippen LogP contribution in [0.2, 0.25) is 15.1 Å². The van der Waals surface area contributed by atoms with E-state index in [-0.39, 0.29) is 20.6 Å². The van der Waals surface area contributed by atoms with Gasteiger partial charge in [-0.3, -0.25) is 9.10 Å². The second-order valence-corrected chi connectivity index (χ2v) is 10.6. The zero-order valence-corrected chi connectivity index (χ0v) is 21.0. The zero-order chi connectivity index (χ0) is 24.0. The third-order valence-electron chi connectivity index (χ3n) is 4.93. The quantitative estimate of drug-likeness (QED) is 0.354. The number of hydrogen-bond acceptors (Lipinski definition) is 3. The normalized spacial score (nSPS) is 11.3. The van der Waals surface area contributed by atoms with Gasteiger partial charge in [0.25, 0.3) is 10.0 Å². The second kappa shape index (κ2) is 11.3. The summed E-state index contributed by atoms with van der Waals surface area (Å²) >= 11 is 18.4. The molecule has 0 saturated heterocycles. The first-order valence-corrected chi connectivity index (χ1v) is 12.8. The van der Waals surface area contributed by atoms with Crippen molar-refractivity contribution < 1.29 is 13.2 Å². The molecule has 0 aromatic heterocycles. The van der Waals surface area contributed by atoms with Gasteiger partial charge in [-0.1, -0.05) is 70.7 Å². The summed E-state index contributed by atoms with van der Waals surface area (Å²) in [6, 6.07) is 18.4. The molecule has 5 nitrogen and oxygen atoms in total. The van der Waals surface area contributed by atoms with Crippen LogP contribution in [0, 0.1) is 6.92 Å². The lowest BCUT2D eigenvalue weighted by molar-refractivity contribution is -0.119. The number of hydrogen-bond donors (Lipinski definition) is 1. The molecular formula is C24H23Cl3N2O3S. The molecule has 1 N–H and O–H groups in total. The Labute approximate surface area is 209 Å². The first kappa shape index (κ1) is 25.4. The predicted octanol–water partition coefficient (Wildman–Crippen LogP) is 5.90. The molecule has 1 amide bonds. The first-order chi connectivity index (χ1) is 15.7. The molecule has 3 rings (SSSR count). The van der Waals surface area contributed by atoms with E-state index in [2.05, 4.69) is 5.32 Å². The van der Waals surface area contributed by atoms with E-state index in [0.717, 1.165) is 15.4 Å². The van der Waals surface area contributed by atoms with Crippen molar-refractivity contribution in [3.05, 3.63) is 92.9 Å². The van der Waals surface area contributed by atoms with E-state index in [9.17, 15) is 13.2 Å². The van der Waals surface area contributed by atoms with Gasteiger partial charge in [0.05, 0.1) is 10.6 Å². The Bertz CT molecular complexity index is 1210. The Balaban J connectivity index is 1.76. The van der Waals surface area contributed by atoms with E-state index in [0.29, 0.717) is 24.4 Å². The molecule has 9 heteroatoms. The molecule has 0 aliphatic heterocycles. The maximum Gasteiger partial charge on any atom is 0.264 e. The highest BCUT2D eigenvalue weighted by Gasteiger charge is 2.27. The molecule has 0 saturated carbocycles. The zero-order valence-electron chi connectivity index (χ0n) is 17.9. The summed E-state index contributed by atoms with van der Waals surface area (Å²) in [5.74, 6) is -0.444. The Morgan fingerprint density at radius 3 is 2.21 bits per heavy atom. The Hall–Kier alpha value is -2.25. The topological polar surface area (TPSA) is 66.5 Å². The average Bonchev–Trinajstić information content (AvgIpc) is 2.75. The highest BCUT2D eigenvalue weighted by atomic mass is 35.5. The molecule has 174 valence electrons. The first-order valence-electron chi connectivity index (χ1n) is 10.2. The number of benzene rings is 3. The summed E-state index contributed by atoms with van der Waals surface area (Å²) in [5, 5.41) is 3.99. The van der Waals surface area contributed by atoms with Crippen molar-refractivity contribution in [1.29, 1.82) is 0 Å². The molecule has 0 fully saturated rings. The third kappa shape index (κ3) is 6.87. The SMILES string of the molecule is Cc1ccc(S(=O)(=O)N(CC(=O)NCCCc2ccccc2Cl)c2cc(Cl)cc(Cl)c2)cc1. The summed E-state index contributed by atoms with van der Waals surface area (Å²) in [6.07, 6.45) is 1.35. The van der Waals surface area contributed by atoms with Crippen molar-refractivity contribution in [3.8, 4) is 0 Å². The van der Waals surface area contributed by atoms with Gasteiger partial charge in [0.2, 0.25) is 5.91 Å². The summed E-state index contributed by atoms with van der Waals surface area (Å²) in [6.45, 7) is 1.82. The number of anilines is 1. The van der Waals surface area contributed by atoms with Gasteiger partial charge in [-0.15, -0.1) is 0 Å². The van der Waals surface area contributed by atoms with Crippen LogP contribution in [0.15, 0.2) is 71.6 Å². The maximum absolute atomic E-state index is 13.4. The van der Waals surface area contributed by atoms with Crippen molar-refractivity contribution in [1.82, 2.24) is 5.32 Å². The lowest BCUT2D eigenvalue weighted by atomic mass is 10.1. The van der Waals surface area contributed by atoms with Crippen LogP contribution >= 0.6 is 34.8 Å². The fourth-order valence-corrected chi connectivity index (χ4v) is 5.38. The van der Waals surface area contributed by atoms with Crippen molar-refractivity contribution >= 4 is 56.4 Å². The van der Waals surface area contributed by atoms with E-state index in [1.165, 1.54) is 30.3 Å². The molecule has 0 unspecified atom stereocenters. The molecular weight excluding hydrogens is 503 g/mol. The number of nitrogens with zero attached hydrogens (tertiary/aromatic N) is 1. The Kier molecular flexibility index (Phi) is 8.65. The van der Waals surface area contributed by atoms with E-state index < -0.39 is 22.5 Å². The van der Waals surface area contributed by atoms with Crippen molar-refractivity contribution in [2.75, 3.05) is 17.4 Å². The van der Waals surface area contributed by atoms with Gasteiger partial charge in [-0.05, 0) is 61.7 Å². The minimum atomic E-state index is -4.04. The fourth-order valence-electron chi connectivity index (χ4n) is 3.23. The molecule has 0 spiro atoms. The number of nitrogens with one attached hydrogen (secondary N) is 1. The molecule has 3 aromatic carbocycles. The Morgan fingerprint density at radius 1 is 0.939 bits per heavy atom. The highest BCUT2D eigenvalue weighted by Crippen LogP contribution is 2.29. The Morgan fingerprint density at radius 2 is 1.58 bits per heavy atom. The van der Waals surface area contributed by atoms with Crippen LogP contribution in [0.5, 0.6) is 0 Å². The average molecular weight is 526 g/mol. The summed E-state index contributed by atoms with van der Waals surface area (Å²) in [4.78, 5) is 12.8. The molecule has 3 aromatic rings. The molecule has 0 heterocycles. The number of halogens is 3. The van der Waals surface area contributed by atoms with E-state index >= 15 is 0 Å². The predicted molar refractivity (Wildman–Crippen MR) is 135 cm³/mol. The van der Waals surface area contributed by atoms with Gasteiger partial charge >= 0.3 is 0 Å². The minimum Gasteiger partial charge on any atom is -0.355 e. The van der Waals surface area contributed by atoms with Crippen LogP contribution in [-0.2, 0) is 21.2 Å². The number of carbonyl (C=O) groups is 1. The maximum atomic E-state index is 13.4. The molecule has 0 aliphatic rings. The summed E-state index contributed by atoms with van der Waals surface area (Å²) in [5.41, 5.74) is 2.12. The minimum absolute atomic E-state index is 0.0655. The number of amides is 1. The number of rotatable bonds is 9. The number of carbonyl (C=O) groups excluding carboxylic acids is 1. The van der Waals surface area contributed by atoms with E-state index in [4.69, 9.17) is 34.8 Å². The standard InChI is InChI=1S/C24H23Cl3N2O3S/c1-17-8-10-22(11-9-17)33(31,32)29(21-14-19(25)13-20(26)15-21)16-24(30)28-12-4-6-18-5-2-3-7-23(18)27/h2-3,5,7-11,13-15H,4,6,12,16H2,1H3,(H,28,30). The lowest BCUT2D eigenvalue weighted by Crippen LogP contribution is -2.41. The summed E-state index contributed by atoms with van der Waals surface area (Å²) < 4.78 is 27.8. The fraction of sp³-hybridized carbons (Fsp3) is 0.208. The van der Waals surface area contributed by atoms with Crippen molar-refractivity contribution in [2.45, 2.75) is 24.7 Å². The van der Waals surface area contributed by atoms with Gasteiger partial charge in [0, 0.05) is 21.6 Å². The van der Waals surface area contributed by atoms with Gasteiger partial charge < -0.3 is 5.32 Å². The lowest BCUT2D eigenvalue weighted by Gasteiger charge is -2.24. The van der Waals surface area contributed by atoms with Crippen LogP contribution in [0.25, 0.3) is 0 Å². The number of sulfonamides is 1. The molecule has 0 atom stereocenters. The van der Waals surface area contributed by atoms with Crippen molar-refractivity contribution in [2.24, 2.45) is 0 Å². The van der Waals surface area contributed by atoms with Gasteiger partial charge in [0.1, 0.15) is 6.54 Å². The molecule has 0 radical (unpaired) electrons. The van der Waals surface area contributed by atoms with E-state index in [1.807, 2.05) is 31.2 Å². The molecule has 0 aliphatic carbocycles. The van der Waals surface area contributed by atoms with Gasteiger partial charge in [0.15, 0.2) is 0 Å². The highest BCUT2D eigenvalue weighted by molar-refractivity contribution is 7.92. The van der Waals surface area contributed by atoms with Crippen LogP contribution < -0.4 is 9.62 Å². The van der Waals surface area contributed by atoms with Gasteiger partial charge in [-0.2, -0.15) is 0 Å². The molecule has 0 bridgehead atoms. The van der Waals surface area contributed by atoms with Crippen LogP contribution in [-0.4, -0.2) is 27.4 Å². The van der Waals surface area contributed by atoms with Crippen LogP contribution in [0.1, 0.15) is 17.5 Å². The third-order valence-corrected chi connectivity index (χ3v) is 7.53. The smallest absolute Gasteiger partial charge is 0.264 e.